The number of hydrogen-bond donors (Lipinski definition) is 1. The van der Waals surface area contributed by atoms with E-state index < -0.39 is 0 Å². The smallest absolute Gasteiger partial charge is 0.0207 e. The molecule has 1 aromatic carbocycles. The minimum absolute atomic E-state index is 0.551. The van der Waals surface area contributed by atoms with Crippen molar-refractivity contribution < 1.29 is 0 Å². The van der Waals surface area contributed by atoms with Crippen molar-refractivity contribution in [3.8, 4) is 0 Å². The summed E-state index contributed by atoms with van der Waals surface area (Å²) in [4.78, 5) is 0. The fourth-order valence-electron chi connectivity index (χ4n) is 1.82. The fourth-order valence-corrected chi connectivity index (χ4v) is 1.82. The van der Waals surface area contributed by atoms with Gasteiger partial charge in [-0.05, 0) is 36.0 Å². The van der Waals surface area contributed by atoms with Crippen LogP contribution in [0.15, 0.2) is 18.2 Å². The molecule has 0 fully saturated rings. The van der Waals surface area contributed by atoms with Crippen LogP contribution in [0.2, 0.25) is 0 Å². The molecule has 1 nitrogen and oxygen atoms in total. The quantitative estimate of drug-likeness (QED) is 0.796. The first kappa shape index (κ1) is 13.2. The summed E-state index contributed by atoms with van der Waals surface area (Å²) in [5.41, 5.74) is 4.31. The van der Waals surface area contributed by atoms with Gasteiger partial charge in [-0.3, -0.25) is 0 Å². The van der Waals surface area contributed by atoms with E-state index in [0.717, 1.165) is 12.5 Å². The number of nitrogens with one attached hydrogen (secondary N) is 1. The Morgan fingerprint density at radius 2 is 1.81 bits per heavy atom. The Hall–Kier alpha value is -0.820. The summed E-state index contributed by atoms with van der Waals surface area (Å²) < 4.78 is 0. The average molecular weight is 219 g/mol. The zero-order chi connectivity index (χ0) is 12.1. The zero-order valence-electron chi connectivity index (χ0n) is 11.3. The van der Waals surface area contributed by atoms with E-state index in [1.807, 2.05) is 0 Å². The molecule has 0 heterocycles. The first-order valence-electron chi connectivity index (χ1n) is 6.31. The lowest BCUT2D eigenvalue weighted by molar-refractivity contribution is 0.587. The van der Waals surface area contributed by atoms with Gasteiger partial charge in [0.1, 0.15) is 0 Å². The molecule has 0 atom stereocenters. The Kier molecular flexibility index (Phi) is 5.01. The van der Waals surface area contributed by atoms with Crippen LogP contribution in [0.5, 0.6) is 0 Å². The Balaban J connectivity index is 2.73. The third-order valence-corrected chi connectivity index (χ3v) is 2.76. The van der Waals surface area contributed by atoms with Crippen LogP contribution in [0.4, 0.5) is 0 Å². The highest BCUT2D eigenvalue weighted by Gasteiger charge is 2.03. The van der Waals surface area contributed by atoms with E-state index in [1.54, 1.807) is 0 Å². The van der Waals surface area contributed by atoms with Crippen LogP contribution < -0.4 is 5.32 Å². The van der Waals surface area contributed by atoms with Gasteiger partial charge in [-0.2, -0.15) is 0 Å². The molecule has 0 aliphatic heterocycles. The highest BCUT2D eigenvalue weighted by Crippen LogP contribution is 2.15. The summed E-state index contributed by atoms with van der Waals surface area (Å²) in [6.45, 7) is 12.1. The number of aryl methyl sites for hydroxylation is 1. The van der Waals surface area contributed by atoms with Crippen molar-refractivity contribution in [3.05, 3.63) is 34.9 Å². The number of rotatable bonds is 5. The number of benzene rings is 1. The van der Waals surface area contributed by atoms with Gasteiger partial charge < -0.3 is 5.32 Å². The molecule has 0 aliphatic rings. The summed E-state index contributed by atoms with van der Waals surface area (Å²) in [5, 5.41) is 3.46. The summed E-state index contributed by atoms with van der Waals surface area (Å²) in [6, 6.07) is 7.38. The molecule has 1 rings (SSSR count). The molecule has 16 heavy (non-hydrogen) atoms. The maximum absolute atomic E-state index is 3.46. The second kappa shape index (κ2) is 6.05. The van der Waals surface area contributed by atoms with Gasteiger partial charge in [-0.25, -0.2) is 0 Å². The molecule has 1 aromatic rings. The van der Waals surface area contributed by atoms with Crippen molar-refractivity contribution >= 4 is 0 Å². The molecule has 0 saturated heterocycles. The Morgan fingerprint density at radius 1 is 1.12 bits per heavy atom. The largest absolute Gasteiger partial charge is 0.310 e. The zero-order valence-corrected chi connectivity index (χ0v) is 11.3. The van der Waals surface area contributed by atoms with Crippen molar-refractivity contribution in [2.45, 2.75) is 53.6 Å². The van der Waals surface area contributed by atoms with Crippen molar-refractivity contribution in [2.75, 3.05) is 0 Å². The summed E-state index contributed by atoms with van der Waals surface area (Å²) in [6.07, 6.45) is 1.18. The second-order valence-corrected chi connectivity index (χ2v) is 5.39. The third-order valence-electron chi connectivity index (χ3n) is 2.76. The molecule has 1 N–H and O–H groups in total. The number of hydrogen-bond acceptors (Lipinski definition) is 1. The van der Waals surface area contributed by atoms with Gasteiger partial charge in [0, 0.05) is 12.6 Å². The Morgan fingerprint density at radius 3 is 2.38 bits per heavy atom. The Bertz CT molecular complexity index is 326. The molecular formula is C15H25N. The molecule has 0 amide bonds. The molecule has 0 aliphatic carbocycles. The predicted octanol–water partition coefficient (Wildman–Crippen LogP) is 3.69. The van der Waals surface area contributed by atoms with E-state index >= 15 is 0 Å². The van der Waals surface area contributed by atoms with E-state index in [2.05, 4.69) is 58.1 Å². The van der Waals surface area contributed by atoms with Crippen molar-refractivity contribution in [2.24, 2.45) is 5.92 Å². The highest BCUT2D eigenvalue weighted by molar-refractivity contribution is 5.31. The third kappa shape index (κ3) is 4.36. The lowest BCUT2D eigenvalue weighted by Gasteiger charge is -2.13. The van der Waals surface area contributed by atoms with Crippen LogP contribution in [0.25, 0.3) is 0 Å². The molecule has 0 saturated carbocycles. The van der Waals surface area contributed by atoms with Gasteiger partial charge in [0.15, 0.2) is 0 Å². The molecule has 0 aromatic heterocycles. The molecule has 0 radical (unpaired) electrons. The maximum atomic E-state index is 3.46. The van der Waals surface area contributed by atoms with E-state index in [9.17, 15) is 0 Å². The molecule has 90 valence electrons. The van der Waals surface area contributed by atoms with Gasteiger partial charge in [0.25, 0.3) is 0 Å². The molecule has 0 unspecified atom stereocenters. The van der Waals surface area contributed by atoms with Crippen molar-refractivity contribution in [1.29, 1.82) is 0 Å². The lowest BCUT2D eigenvalue weighted by Crippen LogP contribution is -2.21. The van der Waals surface area contributed by atoms with Crippen molar-refractivity contribution in [1.82, 2.24) is 5.32 Å². The van der Waals surface area contributed by atoms with E-state index in [4.69, 9.17) is 0 Å². The van der Waals surface area contributed by atoms with Crippen molar-refractivity contribution in [3.63, 3.8) is 0 Å². The van der Waals surface area contributed by atoms with Crippen LogP contribution >= 0.6 is 0 Å². The van der Waals surface area contributed by atoms with Crippen LogP contribution in [-0.2, 0) is 13.0 Å². The summed E-state index contributed by atoms with van der Waals surface area (Å²) in [5.74, 6) is 0.729. The van der Waals surface area contributed by atoms with E-state index in [1.165, 1.54) is 23.1 Å². The minimum atomic E-state index is 0.551. The van der Waals surface area contributed by atoms with Gasteiger partial charge in [-0.15, -0.1) is 0 Å². The van der Waals surface area contributed by atoms with E-state index in [0.29, 0.717) is 6.04 Å². The first-order chi connectivity index (χ1) is 7.49. The maximum Gasteiger partial charge on any atom is 0.0207 e. The molecular weight excluding hydrogens is 194 g/mol. The SMILES string of the molecule is Cc1ccc(CNC(C)C)cc1CC(C)C. The van der Waals surface area contributed by atoms with Gasteiger partial charge in [-0.1, -0.05) is 45.9 Å². The molecule has 0 spiro atoms. The van der Waals surface area contributed by atoms with Crippen LogP contribution in [0.1, 0.15) is 44.4 Å². The average Bonchev–Trinajstić information content (AvgIpc) is 2.18. The van der Waals surface area contributed by atoms with Crippen LogP contribution in [0, 0.1) is 12.8 Å². The van der Waals surface area contributed by atoms with Crippen LogP contribution in [0.3, 0.4) is 0 Å². The van der Waals surface area contributed by atoms with Gasteiger partial charge in [0.05, 0.1) is 0 Å². The Labute approximate surface area is 100 Å². The van der Waals surface area contributed by atoms with Gasteiger partial charge >= 0.3 is 0 Å². The lowest BCUT2D eigenvalue weighted by atomic mass is 9.96. The molecule has 0 bridgehead atoms. The second-order valence-electron chi connectivity index (χ2n) is 5.39. The van der Waals surface area contributed by atoms with E-state index in [-0.39, 0.29) is 0 Å². The normalized spacial score (nSPS) is 11.4. The predicted molar refractivity (Wildman–Crippen MR) is 71.7 cm³/mol. The first-order valence-corrected chi connectivity index (χ1v) is 6.31. The standard InChI is InChI=1S/C15H25N/c1-11(2)8-15-9-14(7-6-13(15)5)10-16-12(3)4/h6-7,9,11-12,16H,8,10H2,1-5H3. The minimum Gasteiger partial charge on any atom is -0.310 e. The van der Waals surface area contributed by atoms with Gasteiger partial charge in [0.2, 0.25) is 0 Å². The van der Waals surface area contributed by atoms with Crippen LogP contribution in [-0.4, -0.2) is 6.04 Å². The fraction of sp³-hybridized carbons (Fsp3) is 0.600. The monoisotopic (exact) mass is 219 g/mol. The summed E-state index contributed by atoms with van der Waals surface area (Å²) >= 11 is 0. The molecule has 1 heteroatoms. The topological polar surface area (TPSA) is 12.0 Å². The summed E-state index contributed by atoms with van der Waals surface area (Å²) in [7, 11) is 0. The highest BCUT2D eigenvalue weighted by atomic mass is 14.9.